The number of rotatable bonds is 12. The van der Waals surface area contributed by atoms with Crippen LogP contribution in [0.4, 0.5) is 4.39 Å². The minimum atomic E-state index is -1.68. The van der Waals surface area contributed by atoms with Gasteiger partial charge in [-0.15, -0.1) is 0 Å². The van der Waals surface area contributed by atoms with Gasteiger partial charge in [-0.3, -0.25) is 4.79 Å². The lowest BCUT2D eigenvalue weighted by molar-refractivity contribution is -0.136. The van der Waals surface area contributed by atoms with Gasteiger partial charge in [0.25, 0.3) is 0 Å². The second-order valence-corrected chi connectivity index (χ2v) is 7.82. The fourth-order valence-electron chi connectivity index (χ4n) is 3.33. The van der Waals surface area contributed by atoms with Crippen LogP contribution < -0.4 is 5.32 Å². The van der Waals surface area contributed by atoms with Crippen molar-refractivity contribution in [2.75, 3.05) is 39.4 Å². The zero-order valence-electron chi connectivity index (χ0n) is 17.9. The molecule has 1 aromatic rings. The second-order valence-electron chi connectivity index (χ2n) is 7.82. The number of aliphatic hydroxyl groups is 5. The Balaban J connectivity index is 1.71. The maximum Gasteiger partial charge on any atom is 0.338 e. The number of hydrogen-bond acceptors (Lipinski definition) is 9. The molecule has 0 spiro atoms. The number of nitrogens with one attached hydrogen (secondary N) is 1. The highest BCUT2D eigenvalue weighted by molar-refractivity contribution is 5.89. The van der Waals surface area contributed by atoms with Crippen molar-refractivity contribution in [1.82, 2.24) is 10.2 Å². The van der Waals surface area contributed by atoms with Crippen molar-refractivity contribution < 1.29 is 44.2 Å². The number of hydrogen-bond donors (Lipinski definition) is 6. The molecule has 0 unspecified atom stereocenters. The van der Waals surface area contributed by atoms with Gasteiger partial charge in [-0.1, -0.05) is 6.07 Å². The zero-order valence-corrected chi connectivity index (χ0v) is 17.9. The number of benzene rings is 1. The fourth-order valence-corrected chi connectivity index (χ4v) is 3.33. The molecule has 1 aromatic carbocycles. The summed E-state index contributed by atoms with van der Waals surface area (Å²) in [6, 6.07) is 3.87. The first-order valence-electron chi connectivity index (χ1n) is 10.4. The van der Waals surface area contributed by atoms with Crippen molar-refractivity contribution in [2.45, 2.75) is 37.8 Å². The average Bonchev–Trinajstić information content (AvgIpc) is 2.74. The molecule has 0 saturated carbocycles. The van der Waals surface area contributed by atoms with E-state index in [0.717, 1.165) is 6.07 Å². The molecule has 1 aliphatic rings. The van der Waals surface area contributed by atoms with Crippen molar-refractivity contribution >= 4 is 11.9 Å². The standard InChI is InChI=1S/C21H31FN2O8/c1-2-32-21(31)14-4-3-13(15(22)5-14)6-18(28)24-9-12(10-24)7-23-8-16(26)19(29)20(30)17(27)11-25/h3-5,12,16-17,19-20,23,25-27,29-30H,2,6-11H2,1H3/t16-,17+,19+,20+/m0/s1. The van der Waals surface area contributed by atoms with Gasteiger partial charge in [0.2, 0.25) is 5.91 Å². The lowest BCUT2D eigenvalue weighted by Gasteiger charge is -2.39. The average molecular weight is 458 g/mol. The van der Waals surface area contributed by atoms with E-state index >= 15 is 0 Å². The Kier molecular flexibility index (Phi) is 9.94. The molecule has 1 fully saturated rings. The SMILES string of the molecule is CCOC(=O)c1ccc(CC(=O)N2CC(CNC[C@H](O)[C@@H](O)[C@H](O)[C@H](O)CO)C2)c(F)c1. The number of likely N-dealkylation sites (tertiary alicyclic amines) is 1. The van der Waals surface area contributed by atoms with Crippen molar-refractivity contribution in [1.29, 1.82) is 0 Å². The largest absolute Gasteiger partial charge is 0.462 e. The van der Waals surface area contributed by atoms with E-state index < -0.39 is 42.8 Å². The number of aliphatic hydroxyl groups excluding tert-OH is 5. The van der Waals surface area contributed by atoms with Crippen molar-refractivity contribution in [3.63, 3.8) is 0 Å². The number of halogens is 1. The molecule has 0 aliphatic carbocycles. The topological polar surface area (TPSA) is 160 Å². The second kappa shape index (κ2) is 12.2. The molecule has 1 saturated heterocycles. The lowest BCUT2D eigenvalue weighted by Crippen LogP contribution is -2.55. The number of carbonyl (C=O) groups excluding carboxylic acids is 2. The summed E-state index contributed by atoms with van der Waals surface area (Å²) in [6.45, 7) is 2.35. The lowest BCUT2D eigenvalue weighted by atomic mass is 9.98. The molecule has 4 atom stereocenters. The van der Waals surface area contributed by atoms with Crippen LogP contribution in [0.25, 0.3) is 0 Å². The highest BCUT2D eigenvalue weighted by Gasteiger charge is 2.32. The van der Waals surface area contributed by atoms with Gasteiger partial charge >= 0.3 is 5.97 Å². The Morgan fingerprint density at radius 2 is 1.84 bits per heavy atom. The van der Waals surface area contributed by atoms with Gasteiger partial charge in [-0.05, 0) is 24.6 Å². The van der Waals surface area contributed by atoms with E-state index in [4.69, 9.17) is 9.84 Å². The molecule has 1 amide bonds. The monoisotopic (exact) mass is 458 g/mol. The van der Waals surface area contributed by atoms with Crippen LogP contribution in [0.3, 0.4) is 0 Å². The van der Waals surface area contributed by atoms with E-state index in [1.807, 2.05) is 0 Å². The van der Waals surface area contributed by atoms with Crippen LogP contribution in [0, 0.1) is 11.7 Å². The molecule has 0 bridgehead atoms. The number of ether oxygens (including phenoxy) is 1. The van der Waals surface area contributed by atoms with Gasteiger partial charge in [-0.2, -0.15) is 0 Å². The summed E-state index contributed by atoms with van der Waals surface area (Å²) in [5.74, 6) is -1.42. The first-order chi connectivity index (χ1) is 15.2. The van der Waals surface area contributed by atoms with Crippen LogP contribution in [0.1, 0.15) is 22.8 Å². The molecule has 10 nitrogen and oxygen atoms in total. The van der Waals surface area contributed by atoms with E-state index in [2.05, 4.69) is 5.32 Å². The number of nitrogens with zero attached hydrogens (tertiary/aromatic N) is 1. The first kappa shape index (κ1) is 26.1. The summed E-state index contributed by atoms with van der Waals surface area (Å²) >= 11 is 0. The van der Waals surface area contributed by atoms with E-state index in [1.165, 1.54) is 12.1 Å². The Bertz CT molecular complexity index is 774. The van der Waals surface area contributed by atoms with Crippen LogP contribution >= 0.6 is 0 Å². The van der Waals surface area contributed by atoms with Crippen LogP contribution in [0.15, 0.2) is 18.2 Å². The highest BCUT2D eigenvalue weighted by atomic mass is 19.1. The van der Waals surface area contributed by atoms with Gasteiger partial charge in [-0.25, -0.2) is 9.18 Å². The van der Waals surface area contributed by atoms with Crippen molar-refractivity contribution in [2.24, 2.45) is 5.92 Å². The van der Waals surface area contributed by atoms with Crippen LogP contribution in [-0.2, 0) is 16.0 Å². The molecule has 2 rings (SSSR count). The third kappa shape index (κ3) is 6.92. The molecule has 6 N–H and O–H groups in total. The predicted octanol–water partition coefficient (Wildman–Crippen LogP) is -1.97. The number of esters is 1. The normalized spacial score (nSPS) is 17.9. The zero-order chi connectivity index (χ0) is 23.8. The summed E-state index contributed by atoms with van der Waals surface area (Å²) in [7, 11) is 0. The molecule has 0 radical (unpaired) electrons. The molecular formula is C21H31FN2O8. The minimum Gasteiger partial charge on any atom is -0.462 e. The molecule has 32 heavy (non-hydrogen) atoms. The quantitative estimate of drug-likeness (QED) is 0.195. The molecule has 11 heteroatoms. The highest BCUT2D eigenvalue weighted by Crippen LogP contribution is 2.19. The fraction of sp³-hybridized carbons (Fsp3) is 0.619. The third-order valence-electron chi connectivity index (χ3n) is 5.33. The van der Waals surface area contributed by atoms with E-state index in [0.29, 0.717) is 19.6 Å². The number of carbonyl (C=O) groups is 2. The van der Waals surface area contributed by atoms with Crippen LogP contribution in [0.5, 0.6) is 0 Å². The van der Waals surface area contributed by atoms with Crippen molar-refractivity contribution in [3.05, 3.63) is 35.1 Å². The summed E-state index contributed by atoms with van der Waals surface area (Å²) < 4.78 is 19.0. The van der Waals surface area contributed by atoms with Gasteiger partial charge in [0, 0.05) is 32.1 Å². The first-order valence-corrected chi connectivity index (χ1v) is 10.4. The minimum absolute atomic E-state index is 0.0567. The van der Waals surface area contributed by atoms with Crippen LogP contribution in [-0.4, -0.2) is 106 Å². The Hall–Kier alpha value is -2.15. The van der Waals surface area contributed by atoms with Crippen LogP contribution in [0.2, 0.25) is 0 Å². The smallest absolute Gasteiger partial charge is 0.338 e. The maximum atomic E-state index is 14.2. The molecule has 0 aromatic heterocycles. The molecule has 180 valence electrons. The molecular weight excluding hydrogens is 427 g/mol. The van der Waals surface area contributed by atoms with Gasteiger partial charge in [0.1, 0.15) is 24.1 Å². The van der Waals surface area contributed by atoms with Gasteiger partial charge in [0.15, 0.2) is 0 Å². The maximum absolute atomic E-state index is 14.2. The Morgan fingerprint density at radius 1 is 1.19 bits per heavy atom. The van der Waals surface area contributed by atoms with Crippen molar-refractivity contribution in [3.8, 4) is 0 Å². The third-order valence-corrected chi connectivity index (χ3v) is 5.33. The Labute approximate surface area is 185 Å². The Morgan fingerprint density at radius 3 is 2.44 bits per heavy atom. The summed E-state index contributed by atoms with van der Waals surface area (Å²) in [6.07, 6.45) is -6.36. The molecule has 1 heterocycles. The predicted molar refractivity (Wildman–Crippen MR) is 110 cm³/mol. The number of amides is 1. The van der Waals surface area contributed by atoms with Gasteiger partial charge in [0.05, 0.1) is 31.3 Å². The summed E-state index contributed by atoms with van der Waals surface area (Å²) in [5, 5.41) is 50.2. The van der Waals surface area contributed by atoms with Gasteiger partial charge < -0.3 is 40.5 Å². The summed E-state index contributed by atoms with van der Waals surface area (Å²) in [4.78, 5) is 25.6. The summed E-state index contributed by atoms with van der Waals surface area (Å²) in [5.41, 5.74) is 0.270. The van der Waals surface area contributed by atoms with E-state index in [-0.39, 0.29) is 42.5 Å². The van der Waals surface area contributed by atoms with E-state index in [9.17, 15) is 34.4 Å². The molecule has 1 aliphatic heterocycles. The van der Waals surface area contributed by atoms with E-state index in [1.54, 1.807) is 11.8 Å².